The summed E-state index contributed by atoms with van der Waals surface area (Å²) in [4.78, 5) is 16.3. The smallest absolute Gasteiger partial charge is 0.224 e. The Labute approximate surface area is 151 Å². The zero-order chi connectivity index (χ0) is 17.6. The van der Waals surface area contributed by atoms with E-state index in [2.05, 4.69) is 55.0 Å². The van der Waals surface area contributed by atoms with Crippen molar-refractivity contribution in [2.75, 3.05) is 17.2 Å². The largest absolute Gasteiger partial charge is 0.370 e. The minimum atomic E-state index is 0.591. The van der Waals surface area contributed by atoms with Gasteiger partial charge < -0.3 is 15.6 Å². The first-order chi connectivity index (χ1) is 12.9. The second-order valence-corrected chi connectivity index (χ2v) is 5.98. The normalized spacial score (nSPS) is 10.8. The van der Waals surface area contributed by atoms with Gasteiger partial charge in [0, 0.05) is 36.0 Å². The van der Waals surface area contributed by atoms with Crippen molar-refractivity contribution in [3.8, 4) is 0 Å². The van der Waals surface area contributed by atoms with E-state index in [1.165, 1.54) is 16.5 Å². The lowest BCUT2D eigenvalue weighted by molar-refractivity contribution is 0.982. The Bertz CT molecular complexity index is 980. The molecule has 0 bridgehead atoms. The average Bonchev–Trinajstić information content (AvgIpc) is 3.11. The van der Waals surface area contributed by atoms with Crippen LogP contribution < -0.4 is 10.6 Å². The number of fused-ring (bicyclic) bond motifs is 1. The van der Waals surface area contributed by atoms with E-state index in [9.17, 15) is 0 Å². The summed E-state index contributed by atoms with van der Waals surface area (Å²) in [6, 6.07) is 16.1. The molecule has 0 atom stereocenters. The Morgan fingerprint density at radius 2 is 1.81 bits per heavy atom. The van der Waals surface area contributed by atoms with Gasteiger partial charge in [-0.3, -0.25) is 4.98 Å². The number of aromatic amines is 1. The number of benzene rings is 1. The maximum Gasteiger partial charge on any atom is 0.224 e. The molecular weight excluding hydrogens is 324 g/mol. The van der Waals surface area contributed by atoms with Crippen molar-refractivity contribution >= 4 is 22.7 Å². The summed E-state index contributed by atoms with van der Waals surface area (Å²) in [5.41, 5.74) is 3.43. The highest BCUT2D eigenvalue weighted by Crippen LogP contribution is 2.18. The van der Waals surface area contributed by atoms with Gasteiger partial charge in [0.2, 0.25) is 5.95 Å². The van der Waals surface area contributed by atoms with E-state index in [1.807, 2.05) is 30.3 Å². The fourth-order valence-electron chi connectivity index (χ4n) is 2.88. The third-order valence-corrected chi connectivity index (χ3v) is 4.18. The second-order valence-electron chi connectivity index (χ2n) is 5.98. The van der Waals surface area contributed by atoms with Crippen LogP contribution in [-0.2, 0) is 13.0 Å². The number of nitrogens with zero attached hydrogens (tertiary/aromatic N) is 3. The topological polar surface area (TPSA) is 78.5 Å². The number of hydrogen-bond donors (Lipinski definition) is 3. The van der Waals surface area contributed by atoms with Gasteiger partial charge in [0.1, 0.15) is 5.82 Å². The van der Waals surface area contributed by atoms with Gasteiger partial charge in [-0.1, -0.05) is 24.3 Å². The van der Waals surface area contributed by atoms with Gasteiger partial charge in [0.15, 0.2) is 0 Å². The lowest BCUT2D eigenvalue weighted by atomic mass is 10.1. The molecule has 0 radical (unpaired) electrons. The second kappa shape index (κ2) is 7.65. The van der Waals surface area contributed by atoms with Crippen LogP contribution >= 0.6 is 0 Å². The minimum Gasteiger partial charge on any atom is -0.370 e. The van der Waals surface area contributed by atoms with Crippen LogP contribution in [0.2, 0.25) is 0 Å². The molecule has 0 amide bonds. The molecule has 0 aliphatic heterocycles. The van der Waals surface area contributed by atoms with Gasteiger partial charge in [0.05, 0.1) is 12.2 Å². The Morgan fingerprint density at radius 1 is 0.885 bits per heavy atom. The third-order valence-electron chi connectivity index (χ3n) is 4.18. The molecule has 0 aliphatic carbocycles. The predicted octanol–water partition coefficient (Wildman–Crippen LogP) is 3.62. The van der Waals surface area contributed by atoms with Crippen LogP contribution in [0.4, 0.5) is 11.8 Å². The molecule has 3 aromatic heterocycles. The molecule has 0 spiro atoms. The summed E-state index contributed by atoms with van der Waals surface area (Å²) in [5, 5.41) is 7.84. The van der Waals surface area contributed by atoms with Crippen molar-refractivity contribution in [1.82, 2.24) is 19.9 Å². The first kappa shape index (κ1) is 16.1. The van der Waals surface area contributed by atoms with E-state index in [4.69, 9.17) is 0 Å². The molecule has 4 aromatic rings. The van der Waals surface area contributed by atoms with E-state index in [0.29, 0.717) is 12.5 Å². The molecule has 0 saturated heterocycles. The van der Waals surface area contributed by atoms with Crippen molar-refractivity contribution in [1.29, 1.82) is 0 Å². The van der Waals surface area contributed by atoms with Gasteiger partial charge in [-0.25, -0.2) is 4.98 Å². The zero-order valence-electron chi connectivity index (χ0n) is 14.3. The highest BCUT2D eigenvalue weighted by molar-refractivity contribution is 5.83. The summed E-state index contributed by atoms with van der Waals surface area (Å²) in [6.45, 7) is 1.40. The number of hydrogen-bond acceptors (Lipinski definition) is 5. The summed E-state index contributed by atoms with van der Waals surface area (Å²) in [7, 11) is 0. The number of aromatic nitrogens is 4. The molecule has 26 heavy (non-hydrogen) atoms. The molecule has 3 heterocycles. The average molecular weight is 344 g/mol. The maximum absolute atomic E-state index is 4.50. The minimum absolute atomic E-state index is 0.591. The number of pyridine rings is 1. The lowest BCUT2D eigenvalue weighted by Crippen LogP contribution is -2.09. The van der Waals surface area contributed by atoms with Crippen molar-refractivity contribution < 1.29 is 0 Å². The summed E-state index contributed by atoms with van der Waals surface area (Å²) in [5.74, 6) is 1.40. The van der Waals surface area contributed by atoms with E-state index in [1.54, 1.807) is 12.4 Å². The Hall–Kier alpha value is -3.41. The van der Waals surface area contributed by atoms with Gasteiger partial charge in [-0.05, 0) is 36.2 Å². The van der Waals surface area contributed by atoms with E-state index in [-0.39, 0.29) is 0 Å². The Balaban J connectivity index is 1.33. The summed E-state index contributed by atoms with van der Waals surface area (Å²) < 4.78 is 0. The molecule has 6 nitrogen and oxygen atoms in total. The molecule has 6 heteroatoms. The summed E-state index contributed by atoms with van der Waals surface area (Å²) >= 11 is 0. The van der Waals surface area contributed by atoms with E-state index < -0.39 is 0 Å². The van der Waals surface area contributed by atoms with Crippen LogP contribution in [0.15, 0.2) is 67.1 Å². The third kappa shape index (κ3) is 3.80. The molecule has 4 rings (SSSR count). The quantitative estimate of drug-likeness (QED) is 0.477. The fraction of sp³-hybridized carbons (Fsp3) is 0.150. The van der Waals surface area contributed by atoms with Gasteiger partial charge >= 0.3 is 0 Å². The molecule has 0 unspecified atom stereocenters. The zero-order valence-corrected chi connectivity index (χ0v) is 14.3. The Morgan fingerprint density at radius 3 is 2.73 bits per heavy atom. The van der Waals surface area contributed by atoms with Crippen molar-refractivity contribution in [3.63, 3.8) is 0 Å². The number of H-pyrrole nitrogens is 1. The molecule has 130 valence electrons. The SMILES string of the molecule is c1ccc(CNc2nccc(NCCc3c[nH]c4ccccc34)n2)nc1. The predicted molar refractivity (Wildman–Crippen MR) is 104 cm³/mol. The maximum atomic E-state index is 4.50. The van der Waals surface area contributed by atoms with Crippen LogP contribution in [0, 0.1) is 0 Å². The number of para-hydroxylation sites is 1. The molecule has 0 fully saturated rings. The Kier molecular flexibility index (Phi) is 4.73. The van der Waals surface area contributed by atoms with Crippen LogP contribution in [0.25, 0.3) is 10.9 Å². The van der Waals surface area contributed by atoms with Gasteiger partial charge in [-0.15, -0.1) is 0 Å². The van der Waals surface area contributed by atoms with E-state index >= 15 is 0 Å². The van der Waals surface area contributed by atoms with E-state index in [0.717, 1.165) is 24.5 Å². The number of rotatable bonds is 7. The van der Waals surface area contributed by atoms with Crippen molar-refractivity contribution in [2.24, 2.45) is 0 Å². The number of anilines is 2. The molecule has 0 aliphatic rings. The van der Waals surface area contributed by atoms with Crippen LogP contribution in [0.3, 0.4) is 0 Å². The molecule has 1 aromatic carbocycles. The van der Waals surface area contributed by atoms with Crippen molar-refractivity contribution in [2.45, 2.75) is 13.0 Å². The first-order valence-corrected chi connectivity index (χ1v) is 8.64. The molecule has 3 N–H and O–H groups in total. The van der Waals surface area contributed by atoms with Gasteiger partial charge in [-0.2, -0.15) is 4.98 Å². The number of nitrogens with one attached hydrogen (secondary N) is 3. The molecule has 0 saturated carbocycles. The highest BCUT2D eigenvalue weighted by Gasteiger charge is 2.04. The molecular formula is C20H20N6. The highest BCUT2D eigenvalue weighted by atomic mass is 15.1. The summed E-state index contributed by atoms with van der Waals surface area (Å²) in [6.07, 6.45) is 6.53. The first-order valence-electron chi connectivity index (χ1n) is 8.64. The monoisotopic (exact) mass is 344 g/mol. The van der Waals surface area contributed by atoms with Crippen LogP contribution in [0.1, 0.15) is 11.3 Å². The lowest BCUT2D eigenvalue weighted by Gasteiger charge is -2.08. The van der Waals surface area contributed by atoms with Crippen LogP contribution in [0.5, 0.6) is 0 Å². The van der Waals surface area contributed by atoms with Gasteiger partial charge in [0.25, 0.3) is 0 Å². The van der Waals surface area contributed by atoms with Crippen molar-refractivity contribution in [3.05, 3.63) is 78.4 Å². The standard InChI is InChI=1S/C20H20N6/c1-2-7-18-17(6-1)15(13-24-18)8-11-22-19-9-12-23-20(26-19)25-14-16-5-3-4-10-21-16/h1-7,9-10,12-13,24H,8,11,14H2,(H2,22,23,25,26). The fourth-order valence-corrected chi connectivity index (χ4v) is 2.88. The van der Waals surface area contributed by atoms with Crippen LogP contribution in [-0.4, -0.2) is 26.5 Å².